The summed E-state index contributed by atoms with van der Waals surface area (Å²) in [5.41, 5.74) is 1.12. The Hall–Kier alpha value is -1.03. The Kier molecular flexibility index (Phi) is 6.55. The van der Waals surface area contributed by atoms with Crippen LogP contribution in [0.1, 0.15) is 12.0 Å². The van der Waals surface area contributed by atoms with Crippen LogP contribution in [0.4, 0.5) is 0 Å². The Labute approximate surface area is 133 Å². The Morgan fingerprint density at radius 1 is 1.29 bits per heavy atom. The molecule has 2 N–H and O–H groups in total. The molecule has 0 bridgehead atoms. The average molecular weight is 311 g/mol. The minimum absolute atomic E-state index is 0.753. The molecule has 4 heteroatoms. The lowest BCUT2D eigenvalue weighted by Crippen LogP contribution is -3.27. The van der Waals surface area contributed by atoms with Crippen LogP contribution in [0.25, 0.3) is 0 Å². The molecule has 0 aliphatic carbocycles. The summed E-state index contributed by atoms with van der Waals surface area (Å²) in [6.07, 6.45) is 3.78. The number of allylic oxidation sites excluding steroid dienone is 1. The van der Waals surface area contributed by atoms with Gasteiger partial charge in [-0.1, -0.05) is 17.7 Å². The molecule has 1 heterocycles. The molecule has 0 amide bonds. The summed E-state index contributed by atoms with van der Waals surface area (Å²) in [5.74, 6) is 0.942. The van der Waals surface area contributed by atoms with Gasteiger partial charge in [-0.05, 0) is 30.2 Å². The van der Waals surface area contributed by atoms with Crippen molar-refractivity contribution in [2.45, 2.75) is 12.8 Å². The van der Waals surface area contributed by atoms with Gasteiger partial charge in [-0.3, -0.25) is 0 Å². The van der Waals surface area contributed by atoms with Gasteiger partial charge in [0.1, 0.15) is 31.9 Å². The Balaban J connectivity index is 1.74. The third kappa shape index (κ3) is 5.34. The molecule has 1 aliphatic heterocycles. The van der Waals surface area contributed by atoms with Gasteiger partial charge in [0.25, 0.3) is 0 Å². The number of rotatable bonds is 7. The maximum Gasteiger partial charge on any atom is 0.127 e. The van der Waals surface area contributed by atoms with E-state index < -0.39 is 0 Å². The van der Waals surface area contributed by atoms with Gasteiger partial charge < -0.3 is 14.5 Å². The van der Waals surface area contributed by atoms with Crippen LogP contribution < -0.4 is 14.5 Å². The number of likely N-dealkylation sites (N-methyl/N-ethyl adjacent to an activating group) is 1. The molecule has 2 rings (SSSR count). The van der Waals surface area contributed by atoms with Crippen LogP contribution in [0.15, 0.2) is 30.9 Å². The molecule has 0 atom stereocenters. The van der Waals surface area contributed by atoms with Crippen molar-refractivity contribution in [1.29, 1.82) is 0 Å². The fourth-order valence-electron chi connectivity index (χ4n) is 2.79. The van der Waals surface area contributed by atoms with Crippen molar-refractivity contribution in [1.82, 2.24) is 0 Å². The lowest BCUT2D eigenvalue weighted by molar-refractivity contribution is -1.00. The molecule has 21 heavy (non-hydrogen) atoms. The van der Waals surface area contributed by atoms with Crippen molar-refractivity contribution in [3.05, 3.63) is 41.4 Å². The third-order valence-electron chi connectivity index (χ3n) is 4.13. The predicted molar refractivity (Wildman–Crippen MR) is 87.6 cm³/mol. The van der Waals surface area contributed by atoms with Gasteiger partial charge in [-0.2, -0.15) is 0 Å². The van der Waals surface area contributed by atoms with Crippen LogP contribution >= 0.6 is 11.6 Å². The van der Waals surface area contributed by atoms with Crippen LogP contribution in [0, 0.1) is 0 Å². The number of halogens is 1. The van der Waals surface area contributed by atoms with Crippen LogP contribution in [-0.2, 0) is 6.42 Å². The molecule has 3 nitrogen and oxygen atoms in total. The van der Waals surface area contributed by atoms with E-state index in [4.69, 9.17) is 16.3 Å². The van der Waals surface area contributed by atoms with Crippen molar-refractivity contribution in [3.63, 3.8) is 0 Å². The first-order chi connectivity index (χ1) is 10.2. The number of benzene rings is 1. The maximum absolute atomic E-state index is 6.03. The van der Waals surface area contributed by atoms with Crippen molar-refractivity contribution in [2.75, 3.05) is 46.4 Å². The molecule has 0 saturated carbocycles. The largest absolute Gasteiger partial charge is 0.493 e. The zero-order chi connectivity index (χ0) is 15.1. The Morgan fingerprint density at radius 2 is 2.05 bits per heavy atom. The van der Waals surface area contributed by atoms with E-state index >= 15 is 0 Å². The highest BCUT2D eigenvalue weighted by Gasteiger charge is 2.19. The summed E-state index contributed by atoms with van der Waals surface area (Å²) in [6, 6.07) is 5.82. The fourth-order valence-corrected chi connectivity index (χ4v) is 2.98. The van der Waals surface area contributed by atoms with Gasteiger partial charge in [0, 0.05) is 11.4 Å². The van der Waals surface area contributed by atoms with Crippen LogP contribution in [0.2, 0.25) is 5.02 Å². The highest BCUT2D eigenvalue weighted by Crippen LogP contribution is 2.23. The van der Waals surface area contributed by atoms with Gasteiger partial charge in [0.2, 0.25) is 0 Å². The minimum atomic E-state index is 0.753. The molecule has 0 spiro atoms. The molecular weight excluding hydrogens is 284 g/mol. The fraction of sp³-hybridized carbons (Fsp3) is 0.529. The van der Waals surface area contributed by atoms with Crippen molar-refractivity contribution in [2.24, 2.45) is 0 Å². The molecule has 1 aromatic rings. The van der Waals surface area contributed by atoms with E-state index in [0.29, 0.717) is 0 Å². The second-order valence-corrected chi connectivity index (χ2v) is 6.34. The van der Waals surface area contributed by atoms with Gasteiger partial charge >= 0.3 is 0 Å². The summed E-state index contributed by atoms with van der Waals surface area (Å²) >= 11 is 6.03. The van der Waals surface area contributed by atoms with E-state index in [0.717, 1.165) is 35.8 Å². The molecule has 1 saturated heterocycles. The third-order valence-corrected chi connectivity index (χ3v) is 4.36. The quantitative estimate of drug-likeness (QED) is 0.546. The maximum atomic E-state index is 6.03. The molecular formula is C17H27ClN2O+2. The summed E-state index contributed by atoms with van der Waals surface area (Å²) in [5, 5.41) is 0.753. The van der Waals surface area contributed by atoms with E-state index in [9.17, 15) is 0 Å². The molecule has 0 unspecified atom stereocenters. The Morgan fingerprint density at radius 3 is 2.76 bits per heavy atom. The average Bonchev–Trinajstić information content (AvgIpc) is 2.48. The second-order valence-electron chi connectivity index (χ2n) is 5.90. The monoisotopic (exact) mass is 310 g/mol. The second kappa shape index (κ2) is 8.42. The van der Waals surface area contributed by atoms with Crippen molar-refractivity contribution >= 4 is 11.6 Å². The van der Waals surface area contributed by atoms with Crippen molar-refractivity contribution < 1.29 is 14.5 Å². The number of hydrogen-bond donors (Lipinski definition) is 2. The number of ether oxygens (including phenoxy) is 1. The van der Waals surface area contributed by atoms with Gasteiger partial charge in [-0.15, -0.1) is 6.58 Å². The number of piperazine rings is 1. The first-order valence-electron chi connectivity index (χ1n) is 7.86. The molecule has 116 valence electrons. The van der Waals surface area contributed by atoms with E-state index in [1.54, 1.807) is 9.80 Å². The molecule has 1 fully saturated rings. The summed E-state index contributed by atoms with van der Waals surface area (Å²) in [4.78, 5) is 3.37. The van der Waals surface area contributed by atoms with E-state index in [1.807, 2.05) is 24.3 Å². The number of hydrogen-bond acceptors (Lipinski definition) is 1. The number of quaternary nitrogens is 2. The topological polar surface area (TPSA) is 18.1 Å². The molecule has 0 radical (unpaired) electrons. The minimum Gasteiger partial charge on any atom is -0.493 e. The zero-order valence-electron chi connectivity index (χ0n) is 13.0. The SMILES string of the molecule is C=CCc1cc(Cl)ccc1OCCC[NH+]1CC[NH+](C)CC1. The molecule has 0 aromatic heterocycles. The molecule has 1 aromatic carbocycles. The van der Waals surface area contributed by atoms with E-state index in [2.05, 4.69) is 13.6 Å². The van der Waals surface area contributed by atoms with Crippen LogP contribution in [0.5, 0.6) is 5.75 Å². The normalized spacial score (nSPS) is 22.0. The highest BCUT2D eigenvalue weighted by molar-refractivity contribution is 6.30. The first kappa shape index (κ1) is 16.3. The zero-order valence-corrected chi connectivity index (χ0v) is 13.7. The lowest BCUT2D eigenvalue weighted by atomic mass is 10.1. The van der Waals surface area contributed by atoms with Crippen molar-refractivity contribution in [3.8, 4) is 5.75 Å². The van der Waals surface area contributed by atoms with Crippen LogP contribution in [0.3, 0.4) is 0 Å². The van der Waals surface area contributed by atoms with E-state index in [1.165, 1.54) is 32.7 Å². The predicted octanol–water partition coefficient (Wildman–Crippen LogP) is 0.251. The smallest absolute Gasteiger partial charge is 0.127 e. The highest BCUT2D eigenvalue weighted by atomic mass is 35.5. The summed E-state index contributed by atoms with van der Waals surface area (Å²) < 4.78 is 5.93. The van der Waals surface area contributed by atoms with Crippen LogP contribution in [-0.4, -0.2) is 46.4 Å². The number of nitrogens with one attached hydrogen (secondary N) is 2. The summed E-state index contributed by atoms with van der Waals surface area (Å²) in [7, 11) is 2.28. The Bertz CT molecular complexity index is 456. The van der Waals surface area contributed by atoms with Gasteiger partial charge in [-0.25, -0.2) is 0 Å². The van der Waals surface area contributed by atoms with Gasteiger partial charge in [0.15, 0.2) is 0 Å². The van der Waals surface area contributed by atoms with E-state index in [-0.39, 0.29) is 0 Å². The summed E-state index contributed by atoms with van der Waals surface area (Å²) in [6.45, 7) is 10.9. The first-order valence-corrected chi connectivity index (χ1v) is 8.24. The standard InChI is InChI=1S/C17H25ClN2O/c1-3-5-15-14-16(18)6-7-17(15)21-13-4-8-20-11-9-19(2)10-12-20/h3,6-7,14H,1,4-5,8-13H2,2H3/p+2. The van der Waals surface area contributed by atoms with Gasteiger partial charge in [0.05, 0.1) is 20.2 Å². The molecule has 1 aliphatic rings. The lowest BCUT2D eigenvalue weighted by Gasteiger charge is -2.27.